The molecule has 2 N–H and O–H groups in total. The van der Waals surface area contributed by atoms with Gasteiger partial charge in [-0.15, -0.1) is 0 Å². The van der Waals surface area contributed by atoms with Crippen molar-refractivity contribution in [2.75, 3.05) is 0 Å². The Bertz CT molecular complexity index is 171. The Morgan fingerprint density at radius 1 is 1.43 bits per heavy atom. The second-order valence-electron chi connectivity index (χ2n) is 4.75. The molecule has 0 bridgehead atoms. The summed E-state index contributed by atoms with van der Waals surface area (Å²) in [6.07, 6.45) is 3.09. The van der Waals surface area contributed by atoms with E-state index in [1.54, 1.807) is 0 Å². The summed E-state index contributed by atoms with van der Waals surface area (Å²) in [6, 6.07) is 0. The lowest BCUT2D eigenvalue weighted by molar-refractivity contribution is -1.21. The third-order valence-corrected chi connectivity index (χ3v) is 3.21. The van der Waals surface area contributed by atoms with Crippen LogP contribution in [0.3, 0.4) is 0 Å². The standard InChI is InChI=1S/C10H21NO3/c1-7(2)9-5-4-8(3)6-10(9)14-11(12)13/h7-12H,4-6H2,1-3H3. The molecule has 0 amide bonds. The van der Waals surface area contributed by atoms with Gasteiger partial charge in [-0.2, -0.15) is 10.0 Å². The van der Waals surface area contributed by atoms with E-state index in [1.807, 2.05) is 0 Å². The van der Waals surface area contributed by atoms with Crippen LogP contribution in [0.25, 0.3) is 0 Å². The highest BCUT2D eigenvalue weighted by atomic mass is 17.1. The molecule has 0 aromatic rings. The third-order valence-electron chi connectivity index (χ3n) is 3.21. The Kier molecular flexibility index (Phi) is 4.31. The van der Waals surface area contributed by atoms with E-state index < -0.39 is 5.39 Å². The minimum absolute atomic E-state index is 0.0868. The van der Waals surface area contributed by atoms with Gasteiger partial charge in [0.15, 0.2) is 0 Å². The van der Waals surface area contributed by atoms with Crippen LogP contribution >= 0.6 is 0 Å². The summed E-state index contributed by atoms with van der Waals surface area (Å²) in [7, 11) is 0. The normalized spacial score (nSPS) is 36.0. The van der Waals surface area contributed by atoms with Gasteiger partial charge in [0.1, 0.15) is 6.10 Å². The molecule has 0 saturated heterocycles. The van der Waals surface area contributed by atoms with Crippen LogP contribution in [-0.4, -0.2) is 11.3 Å². The van der Waals surface area contributed by atoms with Gasteiger partial charge in [0, 0.05) is 0 Å². The highest BCUT2D eigenvalue weighted by Crippen LogP contribution is 2.34. The van der Waals surface area contributed by atoms with E-state index in [-0.39, 0.29) is 6.10 Å². The molecule has 0 aliphatic heterocycles. The topological polar surface area (TPSA) is 57.0 Å². The molecule has 0 aromatic carbocycles. The van der Waals surface area contributed by atoms with Crippen molar-refractivity contribution in [2.45, 2.75) is 46.1 Å². The largest absolute Gasteiger partial charge is 0.566 e. The van der Waals surface area contributed by atoms with Crippen LogP contribution in [0.4, 0.5) is 0 Å². The van der Waals surface area contributed by atoms with Crippen molar-refractivity contribution in [3.8, 4) is 0 Å². The number of rotatable bonds is 3. The lowest BCUT2D eigenvalue weighted by Gasteiger charge is -2.36. The number of hydrogen-bond donors (Lipinski definition) is 2. The highest BCUT2D eigenvalue weighted by Gasteiger charge is 2.33. The van der Waals surface area contributed by atoms with Crippen molar-refractivity contribution in [1.82, 2.24) is 0 Å². The van der Waals surface area contributed by atoms with E-state index in [2.05, 4.69) is 20.8 Å². The molecular formula is C10H21NO3. The minimum Gasteiger partial charge on any atom is -0.566 e. The van der Waals surface area contributed by atoms with Gasteiger partial charge in [0.2, 0.25) is 0 Å². The molecule has 14 heavy (non-hydrogen) atoms. The molecule has 4 atom stereocenters. The molecule has 0 radical (unpaired) electrons. The van der Waals surface area contributed by atoms with Crippen LogP contribution in [-0.2, 0) is 4.84 Å². The van der Waals surface area contributed by atoms with Crippen LogP contribution in [0.2, 0.25) is 0 Å². The molecule has 4 unspecified atom stereocenters. The Hall–Kier alpha value is -0.160. The van der Waals surface area contributed by atoms with E-state index in [0.29, 0.717) is 17.8 Å². The van der Waals surface area contributed by atoms with Crippen molar-refractivity contribution in [2.24, 2.45) is 17.8 Å². The van der Waals surface area contributed by atoms with Crippen LogP contribution < -0.4 is 5.39 Å². The van der Waals surface area contributed by atoms with E-state index in [9.17, 15) is 5.21 Å². The first kappa shape index (κ1) is 11.9. The average molecular weight is 203 g/mol. The number of quaternary nitrogens is 1. The molecule has 1 rings (SSSR count). The first-order valence-electron chi connectivity index (χ1n) is 5.40. The van der Waals surface area contributed by atoms with Gasteiger partial charge in [-0.05, 0) is 30.6 Å². The molecule has 84 valence electrons. The molecular weight excluding hydrogens is 182 g/mol. The molecule has 1 aliphatic carbocycles. The molecule has 1 saturated carbocycles. The summed E-state index contributed by atoms with van der Waals surface area (Å²) in [4.78, 5) is 4.95. The summed E-state index contributed by atoms with van der Waals surface area (Å²) in [5, 5.41) is 18.0. The fourth-order valence-electron chi connectivity index (χ4n) is 2.38. The second-order valence-corrected chi connectivity index (χ2v) is 4.75. The first-order valence-corrected chi connectivity index (χ1v) is 5.40. The van der Waals surface area contributed by atoms with Crippen molar-refractivity contribution < 1.29 is 15.4 Å². The fourth-order valence-corrected chi connectivity index (χ4v) is 2.38. The van der Waals surface area contributed by atoms with Gasteiger partial charge in [-0.25, -0.2) is 0 Å². The maximum absolute atomic E-state index is 10.5. The summed E-state index contributed by atoms with van der Waals surface area (Å²) in [5.41, 5.74) is 0. The molecule has 1 fully saturated rings. The van der Waals surface area contributed by atoms with Gasteiger partial charge >= 0.3 is 0 Å². The van der Waals surface area contributed by atoms with Gasteiger partial charge < -0.3 is 5.21 Å². The molecule has 0 spiro atoms. The van der Waals surface area contributed by atoms with Crippen molar-refractivity contribution in [1.29, 1.82) is 0 Å². The van der Waals surface area contributed by atoms with E-state index in [0.717, 1.165) is 12.8 Å². The summed E-state index contributed by atoms with van der Waals surface area (Å²) < 4.78 is 0. The predicted molar refractivity (Wildman–Crippen MR) is 52.3 cm³/mol. The number of hydrogen-bond acceptors (Lipinski definition) is 3. The Morgan fingerprint density at radius 3 is 2.57 bits per heavy atom. The van der Waals surface area contributed by atoms with E-state index >= 15 is 0 Å². The van der Waals surface area contributed by atoms with Crippen LogP contribution in [0.5, 0.6) is 0 Å². The zero-order valence-electron chi connectivity index (χ0n) is 9.19. The SMILES string of the molecule is CC1CCC(C(C)C)C(O[NH+]([O-])O)C1. The van der Waals surface area contributed by atoms with Gasteiger partial charge in [0.05, 0.1) is 0 Å². The third kappa shape index (κ3) is 3.20. The summed E-state index contributed by atoms with van der Waals surface area (Å²) in [6.45, 7) is 6.44. The zero-order valence-corrected chi connectivity index (χ0v) is 9.19. The van der Waals surface area contributed by atoms with Crippen molar-refractivity contribution in [3.05, 3.63) is 5.21 Å². The molecule has 0 aromatic heterocycles. The Balaban J connectivity index is 2.54. The quantitative estimate of drug-likeness (QED) is 0.676. The van der Waals surface area contributed by atoms with Crippen LogP contribution in [0, 0.1) is 23.0 Å². The van der Waals surface area contributed by atoms with Gasteiger partial charge in [-0.3, -0.25) is 0 Å². The second kappa shape index (κ2) is 5.07. The smallest absolute Gasteiger partial charge is 0.125 e. The van der Waals surface area contributed by atoms with Crippen LogP contribution in [0.1, 0.15) is 40.0 Å². The first-order chi connectivity index (χ1) is 6.50. The minimum atomic E-state index is -1.13. The number of nitrogens with one attached hydrogen (secondary N) is 1. The summed E-state index contributed by atoms with van der Waals surface area (Å²) >= 11 is 0. The molecule has 4 nitrogen and oxygen atoms in total. The Labute approximate surface area is 85.3 Å². The van der Waals surface area contributed by atoms with Gasteiger partial charge in [-0.1, -0.05) is 32.6 Å². The van der Waals surface area contributed by atoms with Crippen molar-refractivity contribution in [3.63, 3.8) is 0 Å². The molecule has 0 heterocycles. The van der Waals surface area contributed by atoms with Gasteiger partial charge in [0.25, 0.3) is 0 Å². The highest BCUT2D eigenvalue weighted by molar-refractivity contribution is 4.80. The monoisotopic (exact) mass is 203 g/mol. The maximum Gasteiger partial charge on any atom is 0.125 e. The summed E-state index contributed by atoms with van der Waals surface area (Å²) in [5.74, 6) is 1.50. The average Bonchev–Trinajstić information content (AvgIpc) is 2.01. The Morgan fingerprint density at radius 2 is 2.07 bits per heavy atom. The lowest BCUT2D eigenvalue weighted by atomic mass is 9.75. The predicted octanol–water partition coefficient (Wildman–Crippen LogP) is 1.15. The maximum atomic E-state index is 10.5. The van der Waals surface area contributed by atoms with E-state index in [4.69, 9.17) is 10.0 Å². The van der Waals surface area contributed by atoms with Crippen molar-refractivity contribution >= 4 is 0 Å². The lowest BCUT2D eigenvalue weighted by Crippen LogP contribution is -3.04. The fraction of sp³-hybridized carbons (Fsp3) is 1.00. The molecule has 1 aliphatic rings. The zero-order chi connectivity index (χ0) is 10.7. The van der Waals surface area contributed by atoms with E-state index in [1.165, 1.54) is 6.42 Å². The molecule has 4 heteroatoms. The van der Waals surface area contributed by atoms with Crippen LogP contribution in [0.15, 0.2) is 0 Å².